The second kappa shape index (κ2) is 5.66. The van der Waals surface area contributed by atoms with E-state index in [1.807, 2.05) is 0 Å². The largest absolute Gasteiger partial charge is 0.344 e. The van der Waals surface area contributed by atoms with Crippen LogP contribution in [-0.2, 0) is 0 Å². The first-order chi connectivity index (χ1) is 7.91. The van der Waals surface area contributed by atoms with Gasteiger partial charge in [-0.15, -0.1) is 23.2 Å². The first kappa shape index (κ1) is 14.2. The number of carbonyl (C=O) groups excluding carboxylic acids is 1. The predicted molar refractivity (Wildman–Crippen MR) is 68.3 cm³/mol. The molecule has 1 aromatic rings. The number of nitrogens with one attached hydrogen (secondary N) is 1. The number of carbonyl (C=O) groups is 1. The van der Waals surface area contributed by atoms with Crippen molar-refractivity contribution in [2.24, 2.45) is 0 Å². The van der Waals surface area contributed by atoms with Crippen LogP contribution >= 0.6 is 34.5 Å². The Morgan fingerprint density at radius 3 is 2.53 bits per heavy atom. The Balaban J connectivity index is 2.79. The van der Waals surface area contributed by atoms with Crippen molar-refractivity contribution in [3.05, 3.63) is 27.1 Å². The molecule has 1 aromatic heterocycles. The molecule has 0 aromatic carbocycles. The minimum absolute atomic E-state index is 0.0754. The van der Waals surface area contributed by atoms with Crippen molar-refractivity contribution in [1.29, 1.82) is 0 Å². The van der Waals surface area contributed by atoms with E-state index in [1.165, 1.54) is 12.1 Å². The van der Waals surface area contributed by atoms with Crippen LogP contribution in [0.3, 0.4) is 0 Å². The molecule has 0 aliphatic carbocycles. The van der Waals surface area contributed by atoms with E-state index in [2.05, 4.69) is 5.32 Å². The van der Waals surface area contributed by atoms with Crippen molar-refractivity contribution in [2.75, 3.05) is 11.8 Å². The fourth-order valence-electron chi connectivity index (χ4n) is 0.986. The summed E-state index contributed by atoms with van der Waals surface area (Å²) in [6.45, 7) is 1.70. The average Bonchev–Trinajstić information content (AvgIpc) is 2.78. The highest BCUT2D eigenvalue weighted by Gasteiger charge is 2.26. The zero-order chi connectivity index (χ0) is 13.1. The molecule has 0 atom stereocenters. The molecule has 0 bridgehead atoms. The van der Waals surface area contributed by atoms with Crippen molar-refractivity contribution in [3.8, 4) is 0 Å². The number of amides is 1. The van der Waals surface area contributed by atoms with Gasteiger partial charge in [-0.2, -0.15) is 0 Å². The van der Waals surface area contributed by atoms with Crippen molar-refractivity contribution in [1.82, 2.24) is 5.32 Å². The van der Waals surface area contributed by atoms with Gasteiger partial charge in [0.05, 0.1) is 15.3 Å². The number of hydrogen-bond donors (Lipinski definition) is 1. The third-order valence-electron chi connectivity index (χ3n) is 2.00. The van der Waals surface area contributed by atoms with Gasteiger partial charge in [0, 0.05) is 17.8 Å². The molecule has 0 fully saturated rings. The van der Waals surface area contributed by atoms with Crippen LogP contribution in [-0.4, -0.2) is 28.1 Å². The summed E-state index contributed by atoms with van der Waals surface area (Å²) in [6, 6.07) is 2.69. The molecule has 1 amide bonds. The number of rotatable bonds is 5. The number of thiophene rings is 1. The van der Waals surface area contributed by atoms with Gasteiger partial charge in [0.2, 0.25) is 0 Å². The summed E-state index contributed by atoms with van der Waals surface area (Å²) >= 11 is 12.2. The van der Waals surface area contributed by atoms with Crippen molar-refractivity contribution < 1.29 is 9.72 Å². The van der Waals surface area contributed by atoms with E-state index in [-0.39, 0.29) is 21.6 Å². The van der Waals surface area contributed by atoms with Gasteiger partial charge in [0.15, 0.2) is 0 Å². The third-order valence-corrected chi connectivity index (χ3v) is 4.22. The summed E-state index contributed by atoms with van der Waals surface area (Å²) < 4.78 is 0. The molecule has 0 spiro atoms. The van der Waals surface area contributed by atoms with Gasteiger partial charge in [-0.25, -0.2) is 0 Å². The summed E-state index contributed by atoms with van der Waals surface area (Å²) in [5.74, 6) is -0.0855. The summed E-state index contributed by atoms with van der Waals surface area (Å²) in [5.41, 5.74) is -0.723. The molecule has 0 aliphatic heterocycles. The quantitative estimate of drug-likeness (QED) is 0.516. The Morgan fingerprint density at radius 1 is 1.53 bits per heavy atom. The maximum absolute atomic E-state index is 11.8. The summed E-state index contributed by atoms with van der Waals surface area (Å²) in [4.78, 5) is 22.0. The van der Waals surface area contributed by atoms with Gasteiger partial charge in [-0.3, -0.25) is 14.9 Å². The lowest BCUT2D eigenvalue weighted by molar-refractivity contribution is -0.380. The van der Waals surface area contributed by atoms with Gasteiger partial charge in [-0.1, -0.05) is 11.3 Å². The van der Waals surface area contributed by atoms with Crippen molar-refractivity contribution in [3.63, 3.8) is 0 Å². The molecule has 0 saturated heterocycles. The van der Waals surface area contributed by atoms with Gasteiger partial charge in [-0.05, 0) is 13.0 Å². The standard InChI is InChI=1S/C9H10Cl2N2O3S/c1-9(4-10,5-11)12-8(14)6-2-3-7(17-6)13(15)16/h2-3H,4-5H2,1H3,(H,12,14). The Hall–Kier alpha value is -0.850. The summed E-state index contributed by atoms with van der Waals surface area (Å²) in [6.07, 6.45) is 0. The van der Waals surface area contributed by atoms with Crippen LogP contribution in [0.4, 0.5) is 5.00 Å². The topological polar surface area (TPSA) is 72.2 Å². The zero-order valence-corrected chi connectivity index (χ0v) is 11.2. The number of alkyl halides is 2. The van der Waals surface area contributed by atoms with E-state index in [9.17, 15) is 14.9 Å². The average molecular weight is 297 g/mol. The normalized spacial score (nSPS) is 11.2. The minimum atomic E-state index is -0.723. The molecule has 17 heavy (non-hydrogen) atoms. The predicted octanol–water partition coefficient (Wildman–Crippen LogP) is 2.62. The number of hydrogen-bond acceptors (Lipinski definition) is 4. The monoisotopic (exact) mass is 296 g/mol. The first-order valence-electron chi connectivity index (χ1n) is 4.60. The van der Waals surface area contributed by atoms with Crippen LogP contribution < -0.4 is 5.32 Å². The Kier molecular flexibility index (Phi) is 4.73. The van der Waals surface area contributed by atoms with Crippen LogP contribution in [0.1, 0.15) is 16.6 Å². The maximum atomic E-state index is 11.8. The zero-order valence-electron chi connectivity index (χ0n) is 8.91. The van der Waals surface area contributed by atoms with Crippen LogP contribution in [0.15, 0.2) is 12.1 Å². The highest BCUT2D eigenvalue weighted by atomic mass is 35.5. The molecule has 0 saturated carbocycles. The minimum Gasteiger partial charge on any atom is -0.344 e. The van der Waals surface area contributed by atoms with Crippen molar-refractivity contribution in [2.45, 2.75) is 12.5 Å². The maximum Gasteiger partial charge on any atom is 0.324 e. The summed E-state index contributed by atoms with van der Waals surface area (Å²) in [5, 5.41) is 13.0. The van der Waals surface area contributed by atoms with Crippen molar-refractivity contribution >= 4 is 45.4 Å². The second-order valence-corrected chi connectivity index (χ2v) is 5.27. The highest BCUT2D eigenvalue weighted by molar-refractivity contribution is 7.17. The van der Waals surface area contributed by atoms with Crippen LogP contribution in [0.25, 0.3) is 0 Å². The number of halogens is 2. The highest BCUT2D eigenvalue weighted by Crippen LogP contribution is 2.24. The third kappa shape index (κ3) is 3.55. The summed E-state index contributed by atoms with van der Waals surface area (Å²) in [7, 11) is 0. The molecule has 0 unspecified atom stereocenters. The SMILES string of the molecule is CC(CCl)(CCl)NC(=O)c1ccc([N+](=O)[O-])s1. The fraction of sp³-hybridized carbons (Fsp3) is 0.444. The fourth-order valence-corrected chi connectivity index (χ4v) is 2.12. The smallest absolute Gasteiger partial charge is 0.324 e. The molecular formula is C9H10Cl2N2O3S. The first-order valence-corrected chi connectivity index (χ1v) is 6.49. The van der Waals surface area contributed by atoms with Crippen LogP contribution in [0, 0.1) is 10.1 Å². The molecular weight excluding hydrogens is 287 g/mol. The van der Waals surface area contributed by atoms with E-state index in [0.29, 0.717) is 0 Å². The Morgan fingerprint density at radius 2 is 2.12 bits per heavy atom. The van der Waals surface area contributed by atoms with Gasteiger partial charge in [0.25, 0.3) is 5.91 Å². The lowest BCUT2D eigenvalue weighted by Crippen LogP contribution is -2.49. The number of nitrogens with zero attached hydrogens (tertiary/aromatic N) is 1. The molecule has 8 heteroatoms. The lowest BCUT2D eigenvalue weighted by atomic mass is 10.1. The van der Waals surface area contributed by atoms with Gasteiger partial charge >= 0.3 is 5.00 Å². The molecule has 5 nitrogen and oxygen atoms in total. The van der Waals surface area contributed by atoms with Crippen LogP contribution in [0.2, 0.25) is 0 Å². The van der Waals surface area contributed by atoms with E-state index in [4.69, 9.17) is 23.2 Å². The van der Waals surface area contributed by atoms with E-state index in [1.54, 1.807) is 6.92 Å². The van der Waals surface area contributed by atoms with Crippen LogP contribution in [0.5, 0.6) is 0 Å². The van der Waals surface area contributed by atoms with E-state index < -0.39 is 16.4 Å². The molecule has 94 valence electrons. The number of nitro groups is 1. The Bertz CT molecular complexity index is 432. The Labute approximate surface area is 112 Å². The van der Waals surface area contributed by atoms with Gasteiger partial charge in [0.1, 0.15) is 0 Å². The van der Waals surface area contributed by atoms with E-state index >= 15 is 0 Å². The second-order valence-electron chi connectivity index (χ2n) is 3.68. The molecule has 1 rings (SSSR count). The molecule has 1 heterocycles. The van der Waals surface area contributed by atoms with Gasteiger partial charge < -0.3 is 5.32 Å². The van der Waals surface area contributed by atoms with E-state index in [0.717, 1.165) is 11.3 Å². The molecule has 0 aliphatic rings. The lowest BCUT2D eigenvalue weighted by Gasteiger charge is -2.25. The molecule has 0 radical (unpaired) electrons. The molecule has 1 N–H and O–H groups in total.